The second-order valence-corrected chi connectivity index (χ2v) is 9.15. The zero-order valence-corrected chi connectivity index (χ0v) is 18.3. The molecule has 4 heterocycles. The molecular weight excluding hydrogens is 404 g/mol. The lowest BCUT2D eigenvalue weighted by Crippen LogP contribution is -2.29. The van der Waals surface area contributed by atoms with E-state index in [2.05, 4.69) is 11.8 Å². The van der Waals surface area contributed by atoms with Gasteiger partial charge in [-0.15, -0.1) is 0 Å². The van der Waals surface area contributed by atoms with Crippen molar-refractivity contribution in [3.05, 3.63) is 44.7 Å². The highest BCUT2D eigenvalue weighted by atomic mass is 32.2. The summed E-state index contributed by atoms with van der Waals surface area (Å²) in [5, 5.41) is 0. The number of hydrogen-bond donors (Lipinski definition) is 0. The van der Waals surface area contributed by atoms with Crippen LogP contribution in [0.25, 0.3) is 11.7 Å². The summed E-state index contributed by atoms with van der Waals surface area (Å²) in [4.78, 5) is 35.3. The first-order chi connectivity index (χ1) is 14.0. The number of carbonyl (C=O) groups excluding carboxylic acids is 1. The molecule has 0 radical (unpaired) electrons. The van der Waals surface area contributed by atoms with Gasteiger partial charge in [-0.3, -0.25) is 18.9 Å². The number of amides is 1. The Morgan fingerprint density at radius 1 is 1.24 bits per heavy atom. The molecule has 0 aromatic carbocycles. The van der Waals surface area contributed by atoms with E-state index in [1.54, 1.807) is 21.6 Å². The molecule has 0 saturated carbocycles. The molecule has 0 atom stereocenters. The molecule has 2 aromatic rings. The van der Waals surface area contributed by atoms with E-state index in [1.807, 2.05) is 19.1 Å². The smallest absolute Gasteiger partial charge is 0.267 e. The number of fused-ring (bicyclic) bond motifs is 1. The Morgan fingerprint density at radius 3 is 2.72 bits per heavy atom. The van der Waals surface area contributed by atoms with Gasteiger partial charge in [0.05, 0.1) is 10.5 Å². The number of carbonyl (C=O) groups is 1. The highest BCUT2D eigenvalue weighted by molar-refractivity contribution is 8.26. The maximum Gasteiger partial charge on any atom is 0.267 e. The summed E-state index contributed by atoms with van der Waals surface area (Å²) in [7, 11) is 0. The zero-order chi connectivity index (χ0) is 20.5. The van der Waals surface area contributed by atoms with E-state index in [4.69, 9.17) is 17.2 Å². The van der Waals surface area contributed by atoms with Crippen LogP contribution in [-0.2, 0) is 4.79 Å². The number of rotatable bonds is 5. The van der Waals surface area contributed by atoms with Gasteiger partial charge in [-0.1, -0.05) is 43.4 Å². The predicted octanol–water partition coefficient (Wildman–Crippen LogP) is 3.60. The SMILES string of the molecule is CCCCN1C(=O)/C(=C\c2c(N3CCCC3)nc3ccc(C)cn3c2=O)SC1=S. The standard InChI is InChI=1S/C21H24N4O2S2/c1-3-4-11-24-20(27)16(29-21(24)28)12-15-18(23-9-5-6-10-23)22-17-8-7-14(2)13-25(17)19(15)26/h7-8,12-13H,3-6,9-11H2,1-2H3/b16-12+. The number of hydrogen-bond acceptors (Lipinski definition) is 6. The van der Waals surface area contributed by atoms with Crippen LogP contribution in [0.15, 0.2) is 28.0 Å². The molecule has 2 fully saturated rings. The van der Waals surface area contributed by atoms with Gasteiger partial charge in [-0.25, -0.2) is 4.98 Å². The van der Waals surface area contributed by atoms with Gasteiger partial charge >= 0.3 is 0 Å². The molecule has 0 unspecified atom stereocenters. The second kappa shape index (κ2) is 8.28. The van der Waals surface area contributed by atoms with Gasteiger partial charge in [-0.2, -0.15) is 0 Å². The Kier molecular flexibility index (Phi) is 5.74. The van der Waals surface area contributed by atoms with Crippen molar-refractivity contribution in [1.82, 2.24) is 14.3 Å². The van der Waals surface area contributed by atoms with Crippen LogP contribution in [0.4, 0.5) is 5.82 Å². The molecule has 8 heteroatoms. The molecular formula is C21H24N4O2S2. The number of aryl methyl sites for hydroxylation is 1. The Labute approximate surface area is 179 Å². The van der Waals surface area contributed by atoms with Crippen LogP contribution >= 0.6 is 24.0 Å². The Bertz CT molecular complexity index is 1070. The third kappa shape index (κ3) is 3.83. The monoisotopic (exact) mass is 428 g/mol. The van der Waals surface area contributed by atoms with Gasteiger partial charge in [0.2, 0.25) is 0 Å². The molecule has 2 aliphatic heterocycles. The normalized spacial score (nSPS) is 18.6. The minimum atomic E-state index is -0.153. The maximum atomic E-state index is 13.4. The molecule has 6 nitrogen and oxygen atoms in total. The van der Waals surface area contributed by atoms with Crippen molar-refractivity contribution in [2.45, 2.75) is 39.5 Å². The Morgan fingerprint density at radius 2 is 2.00 bits per heavy atom. The fourth-order valence-corrected chi connectivity index (χ4v) is 4.97. The topological polar surface area (TPSA) is 57.9 Å². The average molecular weight is 429 g/mol. The molecule has 2 saturated heterocycles. The van der Waals surface area contributed by atoms with Crippen molar-refractivity contribution in [2.75, 3.05) is 24.5 Å². The number of unbranched alkanes of at least 4 members (excludes halogenated alkanes) is 1. The number of pyridine rings is 1. The molecule has 1 amide bonds. The van der Waals surface area contributed by atoms with Gasteiger partial charge < -0.3 is 4.90 Å². The van der Waals surface area contributed by atoms with Gasteiger partial charge in [0.15, 0.2) is 0 Å². The van der Waals surface area contributed by atoms with Crippen LogP contribution in [-0.4, -0.2) is 44.1 Å². The molecule has 2 aliphatic rings. The van der Waals surface area contributed by atoms with E-state index in [9.17, 15) is 9.59 Å². The molecule has 0 bridgehead atoms. The van der Waals surface area contributed by atoms with Crippen LogP contribution < -0.4 is 10.5 Å². The largest absolute Gasteiger partial charge is 0.356 e. The maximum absolute atomic E-state index is 13.4. The third-order valence-corrected chi connectivity index (χ3v) is 6.65. The lowest BCUT2D eigenvalue weighted by molar-refractivity contribution is -0.122. The summed E-state index contributed by atoms with van der Waals surface area (Å²) in [6.45, 7) is 6.38. The molecule has 0 N–H and O–H groups in total. The first kappa shape index (κ1) is 20.1. The van der Waals surface area contributed by atoms with Gasteiger partial charge in [-0.05, 0) is 43.9 Å². The highest BCUT2D eigenvalue weighted by Gasteiger charge is 2.32. The van der Waals surface area contributed by atoms with Crippen LogP contribution in [0.1, 0.15) is 43.7 Å². The summed E-state index contributed by atoms with van der Waals surface area (Å²) in [6.07, 6.45) is 7.54. The minimum Gasteiger partial charge on any atom is -0.356 e. The summed E-state index contributed by atoms with van der Waals surface area (Å²) in [5.74, 6) is 0.546. The molecule has 2 aromatic heterocycles. The Hall–Kier alpha value is -2.19. The average Bonchev–Trinajstić information content (AvgIpc) is 3.32. The van der Waals surface area contributed by atoms with Crippen molar-refractivity contribution in [3.63, 3.8) is 0 Å². The molecule has 0 spiro atoms. The van der Waals surface area contributed by atoms with Crippen LogP contribution in [0, 0.1) is 6.92 Å². The number of thiocarbonyl (C=S) groups is 1. The van der Waals surface area contributed by atoms with E-state index >= 15 is 0 Å². The predicted molar refractivity (Wildman–Crippen MR) is 122 cm³/mol. The van der Waals surface area contributed by atoms with Crippen molar-refractivity contribution in [1.29, 1.82) is 0 Å². The highest BCUT2D eigenvalue weighted by Crippen LogP contribution is 2.34. The quantitative estimate of drug-likeness (QED) is 0.536. The summed E-state index contributed by atoms with van der Waals surface area (Å²) in [5.41, 5.74) is 1.91. The minimum absolute atomic E-state index is 0.116. The lowest BCUT2D eigenvalue weighted by atomic mass is 10.2. The van der Waals surface area contributed by atoms with Gasteiger partial charge in [0, 0.05) is 25.8 Å². The molecule has 29 heavy (non-hydrogen) atoms. The zero-order valence-electron chi connectivity index (χ0n) is 16.7. The first-order valence-electron chi connectivity index (χ1n) is 10.0. The van der Waals surface area contributed by atoms with Crippen LogP contribution in [0.5, 0.6) is 0 Å². The fourth-order valence-electron chi connectivity index (χ4n) is 3.68. The van der Waals surface area contributed by atoms with Crippen molar-refractivity contribution in [3.8, 4) is 0 Å². The van der Waals surface area contributed by atoms with Crippen LogP contribution in [0.2, 0.25) is 0 Å². The second-order valence-electron chi connectivity index (χ2n) is 7.47. The van der Waals surface area contributed by atoms with E-state index < -0.39 is 0 Å². The van der Waals surface area contributed by atoms with E-state index in [0.29, 0.717) is 32.8 Å². The number of nitrogens with zero attached hydrogens (tertiary/aromatic N) is 4. The number of thioether (sulfide) groups is 1. The number of anilines is 1. The van der Waals surface area contributed by atoms with Gasteiger partial charge in [0.1, 0.15) is 15.8 Å². The van der Waals surface area contributed by atoms with Crippen LogP contribution in [0.3, 0.4) is 0 Å². The third-order valence-electron chi connectivity index (χ3n) is 5.28. The van der Waals surface area contributed by atoms with E-state index in [-0.39, 0.29) is 11.5 Å². The lowest BCUT2D eigenvalue weighted by Gasteiger charge is -2.19. The fraction of sp³-hybridized carbons (Fsp3) is 0.429. The summed E-state index contributed by atoms with van der Waals surface area (Å²) < 4.78 is 2.13. The van der Waals surface area contributed by atoms with Crippen molar-refractivity contribution >= 4 is 51.7 Å². The van der Waals surface area contributed by atoms with E-state index in [0.717, 1.165) is 44.3 Å². The van der Waals surface area contributed by atoms with E-state index in [1.165, 1.54) is 11.8 Å². The molecule has 152 valence electrons. The van der Waals surface area contributed by atoms with Crippen molar-refractivity contribution < 1.29 is 4.79 Å². The first-order valence-corrected chi connectivity index (χ1v) is 11.3. The summed E-state index contributed by atoms with van der Waals surface area (Å²) >= 11 is 6.68. The van der Waals surface area contributed by atoms with Gasteiger partial charge in [0.25, 0.3) is 11.5 Å². The Balaban J connectivity index is 1.83. The number of aromatic nitrogens is 2. The summed E-state index contributed by atoms with van der Waals surface area (Å²) in [6, 6.07) is 3.82. The molecule has 0 aliphatic carbocycles. The molecule has 4 rings (SSSR count). The van der Waals surface area contributed by atoms with Crippen molar-refractivity contribution in [2.24, 2.45) is 0 Å².